The van der Waals surface area contributed by atoms with E-state index in [0.29, 0.717) is 5.02 Å². The van der Waals surface area contributed by atoms with Gasteiger partial charge in [0, 0.05) is 5.02 Å². The van der Waals surface area contributed by atoms with Crippen LogP contribution in [0.3, 0.4) is 0 Å². The Morgan fingerprint density at radius 3 is 2.59 bits per heavy atom. The molecule has 0 fully saturated rings. The minimum atomic E-state index is -0.618. The lowest BCUT2D eigenvalue weighted by Crippen LogP contribution is -2.25. The maximum atomic E-state index is 9.63. The van der Waals surface area contributed by atoms with Gasteiger partial charge in [-0.05, 0) is 44.5 Å². The second-order valence-electron chi connectivity index (χ2n) is 4.26. The zero-order valence-corrected chi connectivity index (χ0v) is 11.2. The third kappa shape index (κ3) is 5.39. The number of hydrogen-bond donors (Lipinski definition) is 1. The molecule has 4 heteroatoms. The lowest BCUT2D eigenvalue weighted by Gasteiger charge is -2.15. The van der Waals surface area contributed by atoms with E-state index in [2.05, 4.69) is 0 Å². The Morgan fingerprint density at radius 1 is 1.29 bits per heavy atom. The van der Waals surface area contributed by atoms with Crippen molar-refractivity contribution in [2.24, 2.45) is 0 Å². The van der Waals surface area contributed by atoms with Crippen LogP contribution in [-0.2, 0) is 4.74 Å². The van der Waals surface area contributed by atoms with Gasteiger partial charge in [0.15, 0.2) is 0 Å². The predicted molar refractivity (Wildman–Crippen MR) is 68.8 cm³/mol. The fourth-order valence-electron chi connectivity index (χ4n) is 1.31. The Hall–Kier alpha value is -0.770. The Kier molecular flexibility index (Phi) is 5.75. The second kappa shape index (κ2) is 6.84. The first-order valence-electron chi connectivity index (χ1n) is 5.67. The molecule has 1 atom stereocenters. The quantitative estimate of drug-likeness (QED) is 0.853. The van der Waals surface area contributed by atoms with Gasteiger partial charge >= 0.3 is 0 Å². The van der Waals surface area contributed by atoms with Crippen molar-refractivity contribution >= 4 is 11.6 Å². The van der Waals surface area contributed by atoms with Crippen LogP contribution in [0.1, 0.15) is 19.4 Å². The van der Waals surface area contributed by atoms with Crippen molar-refractivity contribution in [2.75, 3.05) is 13.2 Å². The SMILES string of the molecule is Cc1cc(Cl)ccc1OCC(O)COC(C)C. The van der Waals surface area contributed by atoms with Gasteiger partial charge in [-0.1, -0.05) is 11.6 Å². The monoisotopic (exact) mass is 258 g/mol. The van der Waals surface area contributed by atoms with Crippen LogP contribution < -0.4 is 4.74 Å². The fourth-order valence-corrected chi connectivity index (χ4v) is 1.54. The number of benzene rings is 1. The first-order chi connectivity index (χ1) is 7.99. The van der Waals surface area contributed by atoms with Crippen molar-refractivity contribution in [3.05, 3.63) is 28.8 Å². The van der Waals surface area contributed by atoms with Crippen LogP contribution in [0.2, 0.25) is 5.02 Å². The number of aliphatic hydroxyl groups is 1. The summed E-state index contributed by atoms with van der Waals surface area (Å²) in [5.74, 6) is 0.734. The van der Waals surface area contributed by atoms with E-state index in [1.807, 2.05) is 26.8 Å². The number of ether oxygens (including phenoxy) is 2. The van der Waals surface area contributed by atoms with Crippen LogP contribution in [-0.4, -0.2) is 30.5 Å². The molecule has 0 radical (unpaired) electrons. The second-order valence-corrected chi connectivity index (χ2v) is 4.69. The Labute approximate surface area is 107 Å². The van der Waals surface area contributed by atoms with E-state index in [9.17, 15) is 5.11 Å². The molecule has 0 saturated carbocycles. The Balaban J connectivity index is 2.39. The molecule has 0 heterocycles. The molecular weight excluding hydrogens is 240 g/mol. The van der Waals surface area contributed by atoms with Crippen molar-refractivity contribution in [1.82, 2.24) is 0 Å². The van der Waals surface area contributed by atoms with Crippen molar-refractivity contribution < 1.29 is 14.6 Å². The smallest absolute Gasteiger partial charge is 0.122 e. The van der Waals surface area contributed by atoms with Crippen LogP contribution in [0.25, 0.3) is 0 Å². The van der Waals surface area contributed by atoms with Gasteiger partial charge in [0.2, 0.25) is 0 Å². The van der Waals surface area contributed by atoms with E-state index in [4.69, 9.17) is 21.1 Å². The molecule has 1 aromatic rings. The van der Waals surface area contributed by atoms with Gasteiger partial charge in [-0.25, -0.2) is 0 Å². The summed E-state index contributed by atoms with van der Waals surface area (Å²) in [5, 5.41) is 10.3. The zero-order valence-electron chi connectivity index (χ0n) is 10.4. The number of halogens is 1. The third-order valence-corrected chi connectivity index (χ3v) is 2.43. The van der Waals surface area contributed by atoms with E-state index < -0.39 is 6.10 Å². The summed E-state index contributed by atoms with van der Waals surface area (Å²) >= 11 is 5.84. The lowest BCUT2D eigenvalue weighted by atomic mass is 10.2. The highest BCUT2D eigenvalue weighted by atomic mass is 35.5. The van der Waals surface area contributed by atoms with Gasteiger partial charge in [-0.3, -0.25) is 0 Å². The average Bonchev–Trinajstić information content (AvgIpc) is 2.25. The number of aryl methyl sites for hydroxylation is 1. The van der Waals surface area contributed by atoms with Crippen LogP contribution in [0, 0.1) is 6.92 Å². The van der Waals surface area contributed by atoms with E-state index in [0.717, 1.165) is 11.3 Å². The molecule has 1 aromatic carbocycles. The molecule has 0 aliphatic rings. The van der Waals surface area contributed by atoms with Crippen LogP contribution in [0.5, 0.6) is 5.75 Å². The number of aliphatic hydroxyl groups excluding tert-OH is 1. The molecule has 0 saturated heterocycles. The van der Waals surface area contributed by atoms with Gasteiger partial charge in [0.25, 0.3) is 0 Å². The molecule has 1 rings (SSSR count). The largest absolute Gasteiger partial charge is 0.491 e. The van der Waals surface area contributed by atoms with E-state index >= 15 is 0 Å². The van der Waals surface area contributed by atoms with Gasteiger partial charge in [0.05, 0.1) is 12.7 Å². The predicted octanol–water partition coefficient (Wildman–Crippen LogP) is 2.81. The zero-order chi connectivity index (χ0) is 12.8. The molecule has 0 aromatic heterocycles. The van der Waals surface area contributed by atoms with Crippen LogP contribution in [0.15, 0.2) is 18.2 Å². The summed E-state index contributed by atoms with van der Waals surface area (Å²) in [5.41, 5.74) is 0.953. The van der Waals surface area contributed by atoms with Crippen molar-refractivity contribution in [3.8, 4) is 5.75 Å². The van der Waals surface area contributed by atoms with E-state index in [1.54, 1.807) is 12.1 Å². The van der Waals surface area contributed by atoms with E-state index in [1.165, 1.54) is 0 Å². The minimum absolute atomic E-state index is 0.113. The van der Waals surface area contributed by atoms with Crippen molar-refractivity contribution in [2.45, 2.75) is 33.0 Å². The summed E-state index contributed by atoms with van der Waals surface area (Å²) in [7, 11) is 0. The highest BCUT2D eigenvalue weighted by molar-refractivity contribution is 6.30. The van der Waals surface area contributed by atoms with Crippen LogP contribution >= 0.6 is 11.6 Å². The molecule has 1 unspecified atom stereocenters. The average molecular weight is 259 g/mol. The molecule has 0 aliphatic heterocycles. The third-order valence-electron chi connectivity index (χ3n) is 2.19. The first kappa shape index (κ1) is 14.3. The van der Waals surface area contributed by atoms with Crippen molar-refractivity contribution in [3.63, 3.8) is 0 Å². The van der Waals surface area contributed by atoms with Gasteiger partial charge in [-0.15, -0.1) is 0 Å². The first-order valence-corrected chi connectivity index (χ1v) is 6.05. The molecule has 96 valence electrons. The number of rotatable bonds is 6. The Bertz CT molecular complexity index is 353. The molecule has 0 aliphatic carbocycles. The molecule has 0 amide bonds. The fraction of sp³-hybridized carbons (Fsp3) is 0.538. The summed E-state index contributed by atoms with van der Waals surface area (Å²) < 4.78 is 10.8. The van der Waals surface area contributed by atoms with Gasteiger partial charge < -0.3 is 14.6 Å². The van der Waals surface area contributed by atoms with Crippen molar-refractivity contribution in [1.29, 1.82) is 0 Å². The highest BCUT2D eigenvalue weighted by Crippen LogP contribution is 2.21. The lowest BCUT2D eigenvalue weighted by molar-refractivity contribution is -0.0123. The van der Waals surface area contributed by atoms with Gasteiger partial charge in [-0.2, -0.15) is 0 Å². The summed E-state index contributed by atoms with van der Waals surface area (Å²) in [6, 6.07) is 5.39. The summed E-state index contributed by atoms with van der Waals surface area (Å²) in [4.78, 5) is 0. The minimum Gasteiger partial charge on any atom is -0.491 e. The number of hydrogen-bond acceptors (Lipinski definition) is 3. The standard InChI is InChI=1S/C13H19ClO3/c1-9(2)16-7-12(15)8-17-13-5-4-11(14)6-10(13)3/h4-6,9,12,15H,7-8H2,1-3H3. The summed E-state index contributed by atoms with van der Waals surface area (Å²) in [6.07, 6.45) is -0.505. The molecule has 3 nitrogen and oxygen atoms in total. The normalized spacial score (nSPS) is 12.8. The molecule has 17 heavy (non-hydrogen) atoms. The Morgan fingerprint density at radius 2 is 2.00 bits per heavy atom. The topological polar surface area (TPSA) is 38.7 Å². The molecule has 0 bridgehead atoms. The molecular formula is C13H19ClO3. The highest BCUT2D eigenvalue weighted by Gasteiger charge is 2.08. The van der Waals surface area contributed by atoms with Gasteiger partial charge in [0.1, 0.15) is 18.5 Å². The van der Waals surface area contributed by atoms with E-state index in [-0.39, 0.29) is 19.3 Å². The maximum absolute atomic E-state index is 9.63. The molecule has 0 spiro atoms. The maximum Gasteiger partial charge on any atom is 0.122 e. The summed E-state index contributed by atoms with van der Waals surface area (Å²) in [6.45, 7) is 6.27. The molecule has 1 N–H and O–H groups in total. The van der Waals surface area contributed by atoms with Crippen LogP contribution in [0.4, 0.5) is 0 Å².